The van der Waals surface area contributed by atoms with Crippen LogP contribution in [0.2, 0.25) is 0 Å². The molecular formula is C15H18N4O. The molecule has 1 saturated heterocycles. The summed E-state index contributed by atoms with van der Waals surface area (Å²) >= 11 is 0. The predicted octanol–water partition coefficient (Wildman–Crippen LogP) is 2.60. The molecule has 2 aromatic heterocycles. The smallest absolute Gasteiger partial charge is 0.135 e. The molecule has 0 bridgehead atoms. The van der Waals surface area contributed by atoms with Crippen molar-refractivity contribution in [3.05, 3.63) is 35.1 Å². The van der Waals surface area contributed by atoms with Gasteiger partial charge in [-0.15, -0.1) is 0 Å². The summed E-state index contributed by atoms with van der Waals surface area (Å²) in [7, 11) is 0. The summed E-state index contributed by atoms with van der Waals surface area (Å²) in [6.07, 6.45) is 7.39. The van der Waals surface area contributed by atoms with Gasteiger partial charge in [-0.25, -0.2) is 9.97 Å². The van der Waals surface area contributed by atoms with Crippen molar-refractivity contribution in [2.75, 3.05) is 11.4 Å². The summed E-state index contributed by atoms with van der Waals surface area (Å²) in [5.74, 6) is 2.00. The maximum atomic E-state index is 5.24. The van der Waals surface area contributed by atoms with Crippen LogP contribution in [0.15, 0.2) is 16.9 Å². The van der Waals surface area contributed by atoms with Crippen LogP contribution in [0.3, 0.4) is 0 Å². The Bertz CT molecular complexity index is 637. The Balaban J connectivity index is 1.72. The van der Waals surface area contributed by atoms with E-state index in [-0.39, 0.29) is 0 Å². The van der Waals surface area contributed by atoms with Gasteiger partial charge in [0, 0.05) is 23.9 Å². The molecule has 5 nitrogen and oxygen atoms in total. The Morgan fingerprint density at radius 2 is 2.20 bits per heavy atom. The van der Waals surface area contributed by atoms with Gasteiger partial charge in [0.2, 0.25) is 0 Å². The summed E-state index contributed by atoms with van der Waals surface area (Å²) in [5, 5.41) is 4.21. The average molecular weight is 270 g/mol. The number of anilines is 1. The van der Waals surface area contributed by atoms with Crippen molar-refractivity contribution in [2.24, 2.45) is 0 Å². The Hall–Kier alpha value is -1.91. The third kappa shape index (κ3) is 1.80. The lowest BCUT2D eigenvalue weighted by Gasteiger charge is -2.25. The van der Waals surface area contributed by atoms with Crippen molar-refractivity contribution in [1.29, 1.82) is 0 Å². The molecule has 2 aromatic rings. The zero-order valence-electron chi connectivity index (χ0n) is 11.7. The lowest BCUT2D eigenvalue weighted by molar-refractivity contribution is 0.385. The minimum absolute atomic E-state index is 0.298. The number of rotatable bonds is 2. The van der Waals surface area contributed by atoms with Gasteiger partial charge in [-0.2, -0.15) is 0 Å². The first-order valence-electron chi connectivity index (χ1n) is 7.35. The van der Waals surface area contributed by atoms with E-state index in [4.69, 9.17) is 4.52 Å². The normalized spacial score (nSPS) is 21.4. The fraction of sp³-hybridized carbons (Fsp3) is 0.533. The molecule has 5 heteroatoms. The van der Waals surface area contributed by atoms with Crippen LogP contribution in [-0.4, -0.2) is 21.7 Å². The molecule has 1 fully saturated rings. The average Bonchev–Trinajstić information content (AvgIpc) is 3.17. The summed E-state index contributed by atoms with van der Waals surface area (Å²) < 4.78 is 5.24. The maximum Gasteiger partial charge on any atom is 0.135 e. The van der Waals surface area contributed by atoms with Crippen molar-refractivity contribution in [2.45, 2.75) is 45.1 Å². The second-order valence-electron chi connectivity index (χ2n) is 5.69. The van der Waals surface area contributed by atoms with E-state index in [2.05, 4.69) is 20.0 Å². The van der Waals surface area contributed by atoms with E-state index in [0.717, 1.165) is 43.1 Å². The maximum absolute atomic E-state index is 5.24. The first kappa shape index (κ1) is 11.9. The summed E-state index contributed by atoms with van der Waals surface area (Å²) in [6, 6.07) is 2.34. The largest absolute Gasteiger partial charge is 0.361 e. The van der Waals surface area contributed by atoms with Gasteiger partial charge in [0.15, 0.2) is 0 Å². The number of nitrogens with zero attached hydrogens (tertiary/aromatic N) is 4. The van der Waals surface area contributed by atoms with Crippen molar-refractivity contribution in [3.8, 4) is 0 Å². The van der Waals surface area contributed by atoms with Crippen LogP contribution in [0, 0.1) is 6.92 Å². The second-order valence-corrected chi connectivity index (χ2v) is 5.69. The van der Waals surface area contributed by atoms with Crippen LogP contribution < -0.4 is 4.90 Å². The summed E-state index contributed by atoms with van der Waals surface area (Å²) in [5.41, 5.74) is 3.61. The van der Waals surface area contributed by atoms with E-state index in [9.17, 15) is 0 Å². The standard InChI is InChI=1S/C15H18N4O/c1-10-8-13(18-20-10)14-6-3-7-19(14)15-11-4-2-5-12(11)16-9-17-15/h8-9,14H,2-7H2,1H3/t14-/m0/s1. The van der Waals surface area contributed by atoms with Gasteiger partial charge in [-0.3, -0.25) is 0 Å². The molecule has 1 aliphatic carbocycles. The van der Waals surface area contributed by atoms with Crippen molar-refractivity contribution in [3.63, 3.8) is 0 Å². The zero-order valence-corrected chi connectivity index (χ0v) is 11.7. The van der Waals surface area contributed by atoms with E-state index in [1.807, 2.05) is 13.0 Å². The molecule has 0 amide bonds. The molecule has 0 saturated carbocycles. The molecule has 20 heavy (non-hydrogen) atoms. The highest BCUT2D eigenvalue weighted by Crippen LogP contribution is 2.38. The summed E-state index contributed by atoms with van der Waals surface area (Å²) in [6.45, 7) is 2.98. The molecule has 2 aliphatic rings. The molecular weight excluding hydrogens is 252 g/mol. The fourth-order valence-corrected chi connectivity index (χ4v) is 3.46. The molecule has 1 aliphatic heterocycles. The van der Waals surface area contributed by atoms with Gasteiger partial charge < -0.3 is 9.42 Å². The van der Waals surface area contributed by atoms with E-state index in [1.54, 1.807) is 6.33 Å². The number of aryl methyl sites for hydroxylation is 2. The highest BCUT2D eigenvalue weighted by atomic mass is 16.5. The Morgan fingerprint density at radius 1 is 1.25 bits per heavy atom. The Kier molecular flexibility index (Phi) is 2.72. The molecule has 1 atom stereocenters. The fourth-order valence-electron chi connectivity index (χ4n) is 3.46. The van der Waals surface area contributed by atoms with E-state index in [1.165, 1.54) is 24.1 Å². The van der Waals surface area contributed by atoms with Gasteiger partial charge in [0.05, 0.1) is 6.04 Å². The lowest BCUT2D eigenvalue weighted by Crippen LogP contribution is -2.25. The van der Waals surface area contributed by atoms with Gasteiger partial charge >= 0.3 is 0 Å². The van der Waals surface area contributed by atoms with Crippen molar-refractivity contribution < 1.29 is 4.52 Å². The van der Waals surface area contributed by atoms with Crippen LogP contribution in [-0.2, 0) is 12.8 Å². The molecule has 0 spiro atoms. The van der Waals surface area contributed by atoms with Crippen molar-refractivity contribution >= 4 is 5.82 Å². The quantitative estimate of drug-likeness (QED) is 0.839. The summed E-state index contributed by atoms with van der Waals surface area (Å²) in [4.78, 5) is 11.4. The van der Waals surface area contributed by atoms with Crippen LogP contribution in [0.1, 0.15) is 48.0 Å². The Labute approximate surface area is 118 Å². The lowest BCUT2D eigenvalue weighted by atomic mass is 10.1. The zero-order chi connectivity index (χ0) is 13.5. The highest BCUT2D eigenvalue weighted by molar-refractivity contribution is 5.52. The van der Waals surface area contributed by atoms with Gasteiger partial charge in [0.25, 0.3) is 0 Å². The number of hydrogen-bond donors (Lipinski definition) is 0. The number of fused-ring (bicyclic) bond motifs is 1. The first-order chi connectivity index (χ1) is 9.83. The number of aromatic nitrogens is 3. The van der Waals surface area contributed by atoms with Crippen LogP contribution in [0.5, 0.6) is 0 Å². The van der Waals surface area contributed by atoms with E-state index >= 15 is 0 Å². The molecule has 3 heterocycles. The van der Waals surface area contributed by atoms with E-state index < -0.39 is 0 Å². The molecule has 104 valence electrons. The minimum atomic E-state index is 0.298. The van der Waals surface area contributed by atoms with Gasteiger partial charge in [-0.1, -0.05) is 5.16 Å². The van der Waals surface area contributed by atoms with Crippen molar-refractivity contribution in [1.82, 2.24) is 15.1 Å². The van der Waals surface area contributed by atoms with Gasteiger partial charge in [-0.05, 0) is 39.0 Å². The topological polar surface area (TPSA) is 55.1 Å². The van der Waals surface area contributed by atoms with Crippen LogP contribution in [0.4, 0.5) is 5.82 Å². The first-order valence-corrected chi connectivity index (χ1v) is 7.35. The second kappa shape index (κ2) is 4.58. The molecule has 0 unspecified atom stereocenters. The van der Waals surface area contributed by atoms with Gasteiger partial charge in [0.1, 0.15) is 23.6 Å². The SMILES string of the molecule is Cc1cc([C@@H]2CCCN2c2ncnc3c2CCC3)no1. The number of hydrogen-bond acceptors (Lipinski definition) is 5. The minimum Gasteiger partial charge on any atom is -0.361 e. The highest BCUT2D eigenvalue weighted by Gasteiger charge is 2.32. The molecule has 0 radical (unpaired) electrons. The third-order valence-electron chi connectivity index (χ3n) is 4.36. The van der Waals surface area contributed by atoms with E-state index in [0.29, 0.717) is 6.04 Å². The molecule has 0 aromatic carbocycles. The molecule has 4 rings (SSSR count). The Morgan fingerprint density at radius 3 is 3.05 bits per heavy atom. The van der Waals surface area contributed by atoms with Crippen LogP contribution >= 0.6 is 0 Å². The predicted molar refractivity (Wildman–Crippen MR) is 74.6 cm³/mol. The molecule has 0 N–H and O–H groups in total. The third-order valence-corrected chi connectivity index (χ3v) is 4.36. The van der Waals surface area contributed by atoms with Crippen LogP contribution in [0.25, 0.3) is 0 Å². The monoisotopic (exact) mass is 270 g/mol.